The van der Waals surface area contributed by atoms with E-state index in [0.29, 0.717) is 11.5 Å². The van der Waals surface area contributed by atoms with Crippen LogP contribution in [0.3, 0.4) is 0 Å². The molecule has 3 heterocycles. The Balaban J connectivity index is 0.00000465. The number of para-hydroxylation sites is 1. The van der Waals surface area contributed by atoms with Crippen LogP contribution < -0.4 is 14.5 Å². The second-order valence-corrected chi connectivity index (χ2v) is 16.8. The van der Waals surface area contributed by atoms with Gasteiger partial charge in [-0.25, -0.2) is 4.98 Å². The molecular formula is C49H47N4OPt-3. The molecule has 55 heavy (non-hydrogen) atoms. The standard InChI is InChI=1S/C49H47N4O.Pt/c1-47(2,3)35-18-14-19-37(28-35)51-26-27-52(33-51)38-20-15-21-39(30-38)54-40-31-42(49(7,8)34-16-10-9-11-17-34)46-41-22-12-13-23-43(41)53(44(46)32-40)45-29-36(24-25-50-45)48(4,5)6;/h9-29,31,33H,1-8H3;/q-3;. The van der Waals surface area contributed by atoms with E-state index in [4.69, 9.17) is 9.72 Å². The van der Waals surface area contributed by atoms with Crippen molar-refractivity contribution in [1.29, 1.82) is 0 Å². The zero-order valence-corrected chi connectivity index (χ0v) is 35.1. The van der Waals surface area contributed by atoms with Gasteiger partial charge in [0.25, 0.3) is 0 Å². The van der Waals surface area contributed by atoms with Crippen molar-refractivity contribution in [3.8, 4) is 17.3 Å². The molecule has 0 aliphatic carbocycles. The molecule has 5 aromatic carbocycles. The maximum absolute atomic E-state index is 6.76. The molecule has 0 radical (unpaired) electrons. The van der Waals surface area contributed by atoms with Gasteiger partial charge in [-0.1, -0.05) is 127 Å². The number of nitrogens with zero attached hydrogens (tertiary/aromatic N) is 4. The Bertz CT molecular complexity index is 2520. The molecule has 0 bridgehead atoms. The number of aromatic nitrogens is 2. The summed E-state index contributed by atoms with van der Waals surface area (Å²) in [6.45, 7) is 20.1. The van der Waals surface area contributed by atoms with Crippen LogP contribution in [0.25, 0.3) is 27.6 Å². The van der Waals surface area contributed by atoms with Crippen molar-refractivity contribution < 1.29 is 25.8 Å². The second-order valence-electron chi connectivity index (χ2n) is 16.8. The largest absolute Gasteiger partial charge is 0.509 e. The van der Waals surface area contributed by atoms with E-state index < -0.39 is 0 Å². The van der Waals surface area contributed by atoms with Crippen molar-refractivity contribution >= 4 is 33.2 Å². The van der Waals surface area contributed by atoms with E-state index in [0.717, 1.165) is 44.6 Å². The molecule has 7 aromatic rings. The molecule has 0 N–H and O–H groups in total. The van der Waals surface area contributed by atoms with Crippen molar-refractivity contribution in [3.63, 3.8) is 0 Å². The first-order chi connectivity index (χ1) is 25.8. The molecule has 0 saturated heterocycles. The number of hydrogen-bond acceptors (Lipinski definition) is 4. The molecule has 282 valence electrons. The quantitative estimate of drug-likeness (QED) is 0.149. The Hall–Kier alpha value is -5.12. The smallest absolute Gasteiger partial charge is 0.135 e. The average molecular weight is 903 g/mol. The van der Waals surface area contributed by atoms with Gasteiger partial charge in [0.1, 0.15) is 5.82 Å². The fourth-order valence-electron chi connectivity index (χ4n) is 7.34. The van der Waals surface area contributed by atoms with Crippen molar-refractivity contribution in [2.24, 2.45) is 0 Å². The van der Waals surface area contributed by atoms with Gasteiger partial charge >= 0.3 is 0 Å². The van der Waals surface area contributed by atoms with Crippen molar-refractivity contribution in [2.75, 3.05) is 9.80 Å². The summed E-state index contributed by atoms with van der Waals surface area (Å²) in [7, 11) is 0. The predicted molar refractivity (Wildman–Crippen MR) is 224 cm³/mol. The molecule has 5 nitrogen and oxygen atoms in total. The molecular weight excluding hydrogens is 856 g/mol. The minimum atomic E-state index is -0.364. The van der Waals surface area contributed by atoms with E-state index in [-0.39, 0.29) is 37.3 Å². The summed E-state index contributed by atoms with van der Waals surface area (Å²) in [6, 6.07) is 47.7. The third kappa shape index (κ3) is 7.35. The molecule has 2 aromatic heterocycles. The molecule has 0 saturated carbocycles. The number of benzene rings is 5. The average Bonchev–Trinajstić information content (AvgIpc) is 3.78. The second kappa shape index (κ2) is 14.5. The Labute approximate surface area is 340 Å². The molecule has 1 aliphatic heterocycles. The van der Waals surface area contributed by atoms with E-state index in [2.05, 4.69) is 198 Å². The number of anilines is 2. The maximum atomic E-state index is 6.76. The summed E-state index contributed by atoms with van der Waals surface area (Å²) in [5.41, 5.74) is 8.54. The summed E-state index contributed by atoms with van der Waals surface area (Å²) < 4.78 is 9.01. The summed E-state index contributed by atoms with van der Waals surface area (Å²) >= 11 is 0. The van der Waals surface area contributed by atoms with Gasteiger partial charge in [-0.05, 0) is 81.1 Å². The summed E-state index contributed by atoms with van der Waals surface area (Å²) in [5, 5.41) is 2.29. The molecule has 6 heteroatoms. The van der Waals surface area contributed by atoms with Gasteiger partial charge in [-0.2, -0.15) is 6.07 Å². The van der Waals surface area contributed by atoms with Crippen LogP contribution in [0, 0.1) is 18.8 Å². The molecule has 0 unspecified atom stereocenters. The Morgan fingerprint density at radius 3 is 2.05 bits per heavy atom. The number of hydrogen-bond donors (Lipinski definition) is 0. The Morgan fingerprint density at radius 2 is 1.29 bits per heavy atom. The van der Waals surface area contributed by atoms with Crippen LogP contribution >= 0.6 is 0 Å². The first-order valence-electron chi connectivity index (χ1n) is 18.7. The third-order valence-corrected chi connectivity index (χ3v) is 10.6. The van der Waals surface area contributed by atoms with E-state index in [1.54, 1.807) is 0 Å². The first kappa shape index (κ1) is 38.2. The molecule has 8 rings (SSSR count). The molecule has 0 spiro atoms. The maximum Gasteiger partial charge on any atom is 0.135 e. The zero-order valence-electron chi connectivity index (χ0n) is 32.8. The number of pyridine rings is 1. The van der Waals surface area contributed by atoms with Crippen molar-refractivity contribution in [2.45, 2.75) is 71.6 Å². The minimum Gasteiger partial charge on any atom is -0.509 e. The molecule has 0 amide bonds. The zero-order chi connectivity index (χ0) is 37.8. The van der Waals surface area contributed by atoms with Gasteiger partial charge in [-0.15, -0.1) is 48.3 Å². The van der Waals surface area contributed by atoms with E-state index >= 15 is 0 Å². The van der Waals surface area contributed by atoms with Crippen LogP contribution in [0.5, 0.6) is 11.5 Å². The van der Waals surface area contributed by atoms with Gasteiger partial charge in [0, 0.05) is 50.0 Å². The van der Waals surface area contributed by atoms with Crippen LogP contribution in [0.1, 0.15) is 77.6 Å². The van der Waals surface area contributed by atoms with Crippen LogP contribution in [-0.2, 0) is 37.3 Å². The van der Waals surface area contributed by atoms with Gasteiger partial charge in [-0.3, -0.25) is 0 Å². The molecule has 0 fully saturated rings. The first-order valence-corrected chi connectivity index (χ1v) is 18.7. The monoisotopic (exact) mass is 902 g/mol. The van der Waals surface area contributed by atoms with Gasteiger partial charge in [0.15, 0.2) is 0 Å². The fourth-order valence-corrected chi connectivity index (χ4v) is 7.34. The summed E-state index contributed by atoms with van der Waals surface area (Å²) in [4.78, 5) is 9.14. The SMILES string of the molecule is CC(C)(C)c1cccc(N2C=CN(c3[c-]c(Oc4[c-]c5c(c(C(C)(C)c6ccccc6)c4)c4ccccc4n5-c4cc(C(C)(C)C)ccn4)ccc3)[CH-]2)c1.[Pt]. The van der Waals surface area contributed by atoms with Crippen molar-refractivity contribution in [3.05, 3.63) is 175 Å². The minimum absolute atomic E-state index is 0. The van der Waals surface area contributed by atoms with Crippen LogP contribution in [-0.4, -0.2) is 9.55 Å². The fraction of sp³-hybridized carbons (Fsp3) is 0.224. The van der Waals surface area contributed by atoms with E-state index in [1.165, 1.54) is 16.7 Å². The summed E-state index contributed by atoms with van der Waals surface area (Å²) in [6.07, 6.45) is 6.04. The van der Waals surface area contributed by atoms with Crippen LogP contribution in [0.15, 0.2) is 134 Å². The normalized spacial score (nSPS) is 13.5. The van der Waals surface area contributed by atoms with Gasteiger partial charge in [0.2, 0.25) is 0 Å². The van der Waals surface area contributed by atoms with Gasteiger partial charge < -0.3 is 19.1 Å². The Kier molecular flexibility index (Phi) is 10.1. The number of ether oxygens (including phenoxy) is 1. The Morgan fingerprint density at radius 1 is 0.618 bits per heavy atom. The van der Waals surface area contributed by atoms with Crippen LogP contribution in [0.2, 0.25) is 0 Å². The molecule has 1 aliphatic rings. The topological polar surface area (TPSA) is 33.5 Å². The van der Waals surface area contributed by atoms with Crippen LogP contribution in [0.4, 0.5) is 11.4 Å². The predicted octanol–water partition coefficient (Wildman–Crippen LogP) is 12.4. The van der Waals surface area contributed by atoms with Gasteiger partial charge in [0.05, 0.1) is 0 Å². The third-order valence-electron chi connectivity index (χ3n) is 10.6. The summed E-state index contributed by atoms with van der Waals surface area (Å²) in [5.74, 6) is 2.08. The number of fused-ring (bicyclic) bond motifs is 3. The molecule has 0 atom stereocenters. The van der Waals surface area contributed by atoms with E-state index in [9.17, 15) is 0 Å². The van der Waals surface area contributed by atoms with E-state index in [1.807, 2.05) is 24.4 Å². The van der Waals surface area contributed by atoms with Crippen molar-refractivity contribution in [1.82, 2.24) is 9.55 Å². The number of rotatable bonds is 7.